The number of guanidine groups is 1. The van der Waals surface area contributed by atoms with Gasteiger partial charge < -0.3 is 37.5 Å². The lowest BCUT2D eigenvalue weighted by atomic mass is 10.0. The van der Waals surface area contributed by atoms with E-state index >= 15 is 0 Å². The van der Waals surface area contributed by atoms with Gasteiger partial charge in [-0.15, -0.1) is 0 Å². The van der Waals surface area contributed by atoms with Crippen molar-refractivity contribution in [2.75, 3.05) is 13.1 Å². The number of amides is 4. The molecule has 0 aliphatic rings. The first-order valence-corrected chi connectivity index (χ1v) is 16.8. The zero-order valence-electron chi connectivity index (χ0n) is 28.7. The van der Waals surface area contributed by atoms with Gasteiger partial charge in [0.05, 0.1) is 6.04 Å². The normalized spacial score (nSPS) is 12.7. The third-order valence-corrected chi connectivity index (χ3v) is 7.53. The Morgan fingerprint density at radius 3 is 2.00 bits per heavy atom. The zero-order valence-corrected chi connectivity index (χ0v) is 28.7. The van der Waals surface area contributed by atoms with Crippen molar-refractivity contribution in [1.82, 2.24) is 21.3 Å². The average molecular weight is 684 g/mol. The van der Waals surface area contributed by atoms with Crippen LogP contribution < -0.4 is 32.7 Å². The Morgan fingerprint density at radius 1 is 0.780 bits per heavy atom. The van der Waals surface area contributed by atoms with Crippen LogP contribution in [-0.4, -0.2) is 61.0 Å². The van der Waals surface area contributed by atoms with E-state index in [0.29, 0.717) is 19.3 Å². The molecule has 50 heavy (non-hydrogen) atoms. The second-order valence-electron chi connectivity index (χ2n) is 12.3. The van der Waals surface area contributed by atoms with Crippen molar-refractivity contribution < 1.29 is 23.9 Å². The number of nitrogens with zero attached hydrogens (tertiary/aromatic N) is 1. The molecule has 0 spiro atoms. The molecular weight excluding hydrogens is 634 g/mol. The summed E-state index contributed by atoms with van der Waals surface area (Å²) in [6.07, 6.45) is 3.74. The Kier molecular flexibility index (Phi) is 16.6. The molecule has 0 radical (unpaired) electrons. The van der Waals surface area contributed by atoms with Gasteiger partial charge in [0.25, 0.3) is 0 Å². The predicted molar refractivity (Wildman–Crippen MR) is 195 cm³/mol. The molecule has 0 saturated heterocycles. The van der Waals surface area contributed by atoms with Gasteiger partial charge in [-0.2, -0.15) is 0 Å². The topological polar surface area (TPSA) is 190 Å². The number of aliphatic imine (C=N–C) groups is 1. The third kappa shape index (κ3) is 15.5. The van der Waals surface area contributed by atoms with Crippen molar-refractivity contribution in [2.24, 2.45) is 22.4 Å². The SMILES string of the molecule is CC(C)CC(NC(=O)C(CCCN=C(N)N)NC(=O)OCc1ccccc1)C(=O)NC(CNC(=O)/C=C/c1ccccc1)Cc1ccccc1. The van der Waals surface area contributed by atoms with Crippen LogP contribution in [0.15, 0.2) is 102 Å². The second kappa shape index (κ2) is 21.3. The van der Waals surface area contributed by atoms with Crippen LogP contribution in [0.4, 0.5) is 4.79 Å². The first-order chi connectivity index (χ1) is 24.1. The number of alkyl carbamates (subject to hydrolysis) is 1. The maximum atomic E-state index is 13.8. The molecule has 3 rings (SSSR count). The first kappa shape index (κ1) is 38.8. The summed E-state index contributed by atoms with van der Waals surface area (Å²) in [7, 11) is 0. The molecule has 0 bridgehead atoms. The number of ether oxygens (including phenoxy) is 1. The number of hydrogen-bond donors (Lipinski definition) is 6. The number of rotatable bonds is 19. The van der Waals surface area contributed by atoms with Crippen LogP contribution in [0.25, 0.3) is 6.08 Å². The minimum absolute atomic E-state index is 0.0226. The Morgan fingerprint density at radius 2 is 1.38 bits per heavy atom. The van der Waals surface area contributed by atoms with Gasteiger partial charge in [-0.1, -0.05) is 105 Å². The Hall–Kier alpha value is -5.65. The highest BCUT2D eigenvalue weighted by molar-refractivity contribution is 5.92. The summed E-state index contributed by atoms with van der Waals surface area (Å²) in [5.41, 5.74) is 13.5. The quantitative estimate of drug-likeness (QED) is 0.0483. The van der Waals surface area contributed by atoms with Gasteiger partial charge in [-0.25, -0.2) is 4.79 Å². The number of hydrogen-bond acceptors (Lipinski definition) is 6. The van der Waals surface area contributed by atoms with Gasteiger partial charge in [-0.05, 0) is 54.4 Å². The monoisotopic (exact) mass is 683 g/mol. The lowest BCUT2D eigenvalue weighted by Gasteiger charge is -2.26. The zero-order chi connectivity index (χ0) is 36.1. The highest BCUT2D eigenvalue weighted by atomic mass is 16.5. The number of benzene rings is 3. The van der Waals surface area contributed by atoms with E-state index in [4.69, 9.17) is 16.2 Å². The fourth-order valence-electron chi connectivity index (χ4n) is 5.05. The minimum atomic E-state index is -1.02. The van der Waals surface area contributed by atoms with Crippen LogP contribution in [0.1, 0.15) is 49.8 Å². The van der Waals surface area contributed by atoms with Crippen molar-refractivity contribution in [3.63, 3.8) is 0 Å². The summed E-state index contributed by atoms with van der Waals surface area (Å²) in [6.45, 7) is 4.31. The van der Waals surface area contributed by atoms with E-state index in [1.54, 1.807) is 6.08 Å². The molecule has 266 valence electrons. The van der Waals surface area contributed by atoms with Gasteiger partial charge in [0.15, 0.2) is 5.96 Å². The van der Waals surface area contributed by atoms with Crippen LogP contribution in [-0.2, 0) is 32.1 Å². The van der Waals surface area contributed by atoms with Crippen LogP contribution in [0, 0.1) is 5.92 Å². The molecule has 0 aromatic heterocycles. The maximum absolute atomic E-state index is 13.8. The molecule has 8 N–H and O–H groups in total. The summed E-state index contributed by atoms with van der Waals surface area (Å²) < 4.78 is 5.35. The molecule has 0 fully saturated rings. The summed E-state index contributed by atoms with van der Waals surface area (Å²) in [6, 6.07) is 25.8. The largest absolute Gasteiger partial charge is 0.445 e. The van der Waals surface area contributed by atoms with E-state index in [2.05, 4.69) is 26.3 Å². The highest BCUT2D eigenvalue weighted by Gasteiger charge is 2.29. The summed E-state index contributed by atoms with van der Waals surface area (Å²) in [4.78, 5) is 56.8. The maximum Gasteiger partial charge on any atom is 0.408 e. The smallest absolute Gasteiger partial charge is 0.408 e. The second-order valence-corrected chi connectivity index (χ2v) is 12.3. The van der Waals surface area contributed by atoms with Crippen molar-refractivity contribution in [3.8, 4) is 0 Å². The molecule has 3 unspecified atom stereocenters. The lowest BCUT2D eigenvalue weighted by molar-refractivity contribution is -0.130. The minimum Gasteiger partial charge on any atom is -0.445 e. The van der Waals surface area contributed by atoms with E-state index in [0.717, 1.165) is 16.7 Å². The molecule has 0 aliphatic heterocycles. The molecule has 4 amide bonds. The summed E-state index contributed by atoms with van der Waals surface area (Å²) >= 11 is 0. The van der Waals surface area contributed by atoms with Crippen molar-refractivity contribution >= 4 is 35.9 Å². The van der Waals surface area contributed by atoms with Gasteiger partial charge in [0.1, 0.15) is 18.7 Å². The molecule has 3 aromatic carbocycles. The lowest BCUT2D eigenvalue weighted by Crippen LogP contribution is -2.56. The van der Waals surface area contributed by atoms with Crippen molar-refractivity contribution in [1.29, 1.82) is 0 Å². The van der Waals surface area contributed by atoms with Gasteiger partial charge >= 0.3 is 6.09 Å². The van der Waals surface area contributed by atoms with Gasteiger partial charge in [0, 0.05) is 19.2 Å². The molecule has 12 nitrogen and oxygen atoms in total. The molecule has 3 aromatic rings. The molecule has 0 heterocycles. The predicted octanol–water partition coefficient (Wildman–Crippen LogP) is 3.42. The van der Waals surface area contributed by atoms with E-state index in [1.165, 1.54) is 6.08 Å². The summed E-state index contributed by atoms with van der Waals surface area (Å²) in [5.74, 6) is -1.30. The highest BCUT2D eigenvalue weighted by Crippen LogP contribution is 2.10. The number of nitrogens with two attached hydrogens (primary N) is 2. The Labute approximate surface area is 294 Å². The molecular formula is C38H49N7O5. The van der Waals surface area contributed by atoms with E-state index < -0.39 is 36.0 Å². The standard InChI is InChI=1S/C38H49N7O5/c1-27(2)23-33(44-35(47)32(19-12-22-41-37(39)40)45-38(49)50-26-30-17-10-5-11-18-30)36(48)43-31(24-29-15-8-4-9-16-29)25-42-34(46)21-20-28-13-6-3-7-14-28/h3-11,13-18,20-21,27,31-33H,12,19,22-26H2,1-2H3,(H,42,46)(H,43,48)(H,44,47)(H,45,49)(H4,39,40,41)/b21-20+. The number of carbonyl (C=O) groups excluding carboxylic acids is 4. The van der Waals surface area contributed by atoms with E-state index in [1.807, 2.05) is 105 Å². The van der Waals surface area contributed by atoms with E-state index in [9.17, 15) is 19.2 Å². The summed E-state index contributed by atoms with van der Waals surface area (Å²) in [5, 5.41) is 11.4. The Bertz CT molecular complexity index is 1550. The first-order valence-electron chi connectivity index (χ1n) is 16.8. The fourth-order valence-corrected chi connectivity index (χ4v) is 5.05. The van der Waals surface area contributed by atoms with E-state index in [-0.39, 0.29) is 43.9 Å². The van der Waals surface area contributed by atoms with Crippen molar-refractivity contribution in [3.05, 3.63) is 114 Å². The molecule has 0 aliphatic carbocycles. The molecule has 12 heteroatoms. The number of carbonyl (C=O) groups is 4. The number of nitrogens with one attached hydrogen (secondary N) is 4. The van der Waals surface area contributed by atoms with Crippen LogP contribution in [0.5, 0.6) is 0 Å². The van der Waals surface area contributed by atoms with Crippen LogP contribution >= 0.6 is 0 Å². The fraction of sp³-hybridized carbons (Fsp3) is 0.342. The third-order valence-electron chi connectivity index (χ3n) is 7.53. The van der Waals surface area contributed by atoms with Crippen molar-refractivity contribution in [2.45, 2.75) is 64.3 Å². The van der Waals surface area contributed by atoms with Gasteiger partial charge in [-0.3, -0.25) is 19.4 Å². The average Bonchev–Trinajstić information content (AvgIpc) is 3.10. The van der Waals surface area contributed by atoms with Crippen LogP contribution in [0.3, 0.4) is 0 Å². The Balaban J connectivity index is 1.70. The van der Waals surface area contributed by atoms with Crippen LogP contribution in [0.2, 0.25) is 0 Å². The molecule has 3 atom stereocenters. The van der Waals surface area contributed by atoms with Gasteiger partial charge in [0.2, 0.25) is 17.7 Å². The molecule has 0 saturated carbocycles.